The van der Waals surface area contributed by atoms with Crippen LogP contribution in [0.4, 0.5) is 0 Å². The number of imidazole rings is 1. The molecule has 2 atom stereocenters. The molecular weight excluding hydrogens is 330 g/mol. The second-order valence-corrected chi connectivity index (χ2v) is 8.83. The van der Waals surface area contributed by atoms with Gasteiger partial charge in [-0.05, 0) is 55.9 Å². The van der Waals surface area contributed by atoms with E-state index >= 15 is 0 Å². The van der Waals surface area contributed by atoms with E-state index in [9.17, 15) is 0 Å². The molecule has 1 saturated heterocycles. The minimum Gasteiger partial charge on any atom is -0.326 e. The summed E-state index contributed by atoms with van der Waals surface area (Å²) in [5.41, 5.74) is 6.35. The highest BCUT2D eigenvalue weighted by Crippen LogP contribution is 2.39. The molecule has 1 aromatic heterocycles. The minimum atomic E-state index is 0.718. The number of hydrogen-bond donors (Lipinski definition) is 0. The van der Waals surface area contributed by atoms with Gasteiger partial charge in [-0.3, -0.25) is 4.90 Å². The van der Waals surface area contributed by atoms with Gasteiger partial charge in [0.05, 0.1) is 11.0 Å². The molecule has 3 nitrogen and oxygen atoms in total. The Kier molecular flexibility index (Phi) is 3.49. The fourth-order valence-electron chi connectivity index (χ4n) is 5.54. The zero-order valence-corrected chi connectivity index (χ0v) is 16.1. The molecule has 3 heterocycles. The molecule has 138 valence electrons. The van der Waals surface area contributed by atoms with Gasteiger partial charge in [-0.25, -0.2) is 4.98 Å². The summed E-state index contributed by atoms with van der Waals surface area (Å²) >= 11 is 0. The molecule has 3 heteroatoms. The Labute approximate surface area is 161 Å². The Morgan fingerprint density at radius 1 is 0.852 bits per heavy atom. The average Bonchev–Trinajstić information content (AvgIpc) is 3.11. The fourth-order valence-corrected chi connectivity index (χ4v) is 5.54. The number of aromatic nitrogens is 2. The van der Waals surface area contributed by atoms with Crippen molar-refractivity contribution in [1.82, 2.24) is 14.5 Å². The highest BCUT2D eigenvalue weighted by Gasteiger charge is 2.42. The summed E-state index contributed by atoms with van der Waals surface area (Å²) in [5, 5.41) is 0. The van der Waals surface area contributed by atoms with E-state index in [0.717, 1.165) is 31.1 Å². The van der Waals surface area contributed by atoms with Crippen LogP contribution in [0.2, 0.25) is 0 Å². The molecule has 2 fully saturated rings. The number of aryl methyl sites for hydroxylation is 1. The van der Waals surface area contributed by atoms with Gasteiger partial charge in [-0.1, -0.05) is 42.3 Å². The van der Waals surface area contributed by atoms with Crippen LogP contribution in [-0.4, -0.2) is 32.6 Å². The molecule has 0 N–H and O–H groups in total. The van der Waals surface area contributed by atoms with Crippen molar-refractivity contribution in [3.8, 4) is 11.1 Å². The van der Waals surface area contributed by atoms with Gasteiger partial charge >= 0.3 is 0 Å². The lowest BCUT2D eigenvalue weighted by Crippen LogP contribution is -2.48. The van der Waals surface area contributed by atoms with Gasteiger partial charge in [0.2, 0.25) is 0 Å². The number of rotatable bonds is 2. The number of fused-ring (bicyclic) bond motifs is 5. The van der Waals surface area contributed by atoms with Gasteiger partial charge < -0.3 is 4.57 Å². The molecule has 27 heavy (non-hydrogen) atoms. The van der Waals surface area contributed by atoms with E-state index in [1.54, 1.807) is 0 Å². The highest BCUT2D eigenvalue weighted by atomic mass is 15.3. The third-order valence-corrected chi connectivity index (χ3v) is 7.20. The third-order valence-electron chi connectivity index (χ3n) is 7.20. The predicted octanol–water partition coefficient (Wildman–Crippen LogP) is 4.95. The van der Waals surface area contributed by atoms with Gasteiger partial charge in [-0.15, -0.1) is 0 Å². The first kappa shape index (κ1) is 15.9. The molecule has 3 aromatic rings. The summed E-state index contributed by atoms with van der Waals surface area (Å²) in [6.45, 7) is 3.27. The lowest BCUT2D eigenvalue weighted by molar-refractivity contribution is 0.0739. The van der Waals surface area contributed by atoms with E-state index in [4.69, 9.17) is 4.98 Å². The smallest absolute Gasteiger partial charge is 0.111 e. The Balaban J connectivity index is 1.38. The van der Waals surface area contributed by atoms with Gasteiger partial charge in [-0.2, -0.15) is 0 Å². The lowest BCUT2D eigenvalue weighted by atomic mass is 9.90. The topological polar surface area (TPSA) is 21.1 Å². The molecule has 0 radical (unpaired) electrons. The lowest BCUT2D eigenvalue weighted by Gasteiger charge is -2.41. The van der Waals surface area contributed by atoms with Crippen molar-refractivity contribution in [1.29, 1.82) is 0 Å². The van der Waals surface area contributed by atoms with Crippen LogP contribution in [0.3, 0.4) is 0 Å². The third kappa shape index (κ3) is 2.48. The van der Waals surface area contributed by atoms with Crippen LogP contribution in [0.25, 0.3) is 22.2 Å². The van der Waals surface area contributed by atoms with E-state index < -0.39 is 0 Å². The molecule has 3 aliphatic rings. The first-order chi connectivity index (χ1) is 13.3. The zero-order valence-electron chi connectivity index (χ0n) is 16.1. The standard InChI is InChI=1S/C24H27N3/c1-16-5-7-17(8-6-16)18-9-12-23-22(13-18)25-24-14-20-10-11-21(15-26(23)24)27(20)19-3-2-4-19/h5-9,12-13,19-21H,2-4,10-11,14-15H2,1H3/t20-,21+/m0/s1. The van der Waals surface area contributed by atoms with Crippen molar-refractivity contribution in [2.75, 3.05) is 0 Å². The van der Waals surface area contributed by atoms with E-state index in [-0.39, 0.29) is 0 Å². The second kappa shape index (κ2) is 5.93. The maximum atomic E-state index is 5.11. The van der Waals surface area contributed by atoms with Crippen LogP contribution < -0.4 is 0 Å². The van der Waals surface area contributed by atoms with Crippen LogP contribution >= 0.6 is 0 Å². The molecule has 2 aromatic carbocycles. The summed E-state index contributed by atoms with van der Waals surface area (Å²) in [6, 6.07) is 18.0. The average molecular weight is 358 g/mol. The number of benzene rings is 2. The van der Waals surface area contributed by atoms with Crippen LogP contribution in [0.5, 0.6) is 0 Å². The van der Waals surface area contributed by atoms with Crippen LogP contribution in [-0.2, 0) is 13.0 Å². The van der Waals surface area contributed by atoms with Crippen molar-refractivity contribution in [2.45, 2.75) is 70.1 Å². The van der Waals surface area contributed by atoms with Crippen molar-refractivity contribution >= 4 is 11.0 Å². The van der Waals surface area contributed by atoms with E-state index in [1.165, 1.54) is 65.7 Å². The second-order valence-electron chi connectivity index (χ2n) is 8.83. The molecular formula is C24H27N3. The van der Waals surface area contributed by atoms with E-state index in [2.05, 4.69) is 58.9 Å². The van der Waals surface area contributed by atoms with Gasteiger partial charge in [0.25, 0.3) is 0 Å². The summed E-state index contributed by atoms with van der Waals surface area (Å²) in [4.78, 5) is 7.99. The molecule has 0 unspecified atom stereocenters. The Bertz CT molecular complexity index is 996. The number of hydrogen-bond acceptors (Lipinski definition) is 2. The highest BCUT2D eigenvalue weighted by molar-refractivity contribution is 5.82. The van der Waals surface area contributed by atoms with Crippen molar-refractivity contribution < 1.29 is 0 Å². The fraction of sp³-hybridized carbons (Fsp3) is 0.458. The maximum absolute atomic E-state index is 5.11. The first-order valence-corrected chi connectivity index (χ1v) is 10.6. The molecule has 0 amide bonds. The van der Waals surface area contributed by atoms with E-state index in [1.807, 2.05) is 0 Å². The Morgan fingerprint density at radius 3 is 2.41 bits per heavy atom. The first-order valence-electron chi connectivity index (χ1n) is 10.6. The number of nitrogens with zero attached hydrogens (tertiary/aromatic N) is 3. The summed E-state index contributed by atoms with van der Waals surface area (Å²) in [5.74, 6) is 1.31. The van der Waals surface area contributed by atoms with Crippen molar-refractivity contribution in [3.63, 3.8) is 0 Å². The van der Waals surface area contributed by atoms with Gasteiger partial charge in [0.1, 0.15) is 5.82 Å². The van der Waals surface area contributed by atoms with Crippen LogP contribution in [0.1, 0.15) is 43.5 Å². The molecule has 1 saturated carbocycles. The molecule has 0 spiro atoms. The summed E-state index contributed by atoms with van der Waals surface area (Å²) < 4.78 is 2.53. The van der Waals surface area contributed by atoms with Crippen LogP contribution in [0, 0.1) is 6.92 Å². The van der Waals surface area contributed by atoms with Crippen LogP contribution in [0.15, 0.2) is 42.5 Å². The summed E-state index contributed by atoms with van der Waals surface area (Å²) in [7, 11) is 0. The minimum absolute atomic E-state index is 0.718. The van der Waals surface area contributed by atoms with E-state index in [0.29, 0.717) is 0 Å². The molecule has 6 rings (SSSR count). The van der Waals surface area contributed by atoms with Gasteiger partial charge in [0, 0.05) is 31.1 Å². The van der Waals surface area contributed by atoms with Gasteiger partial charge in [0.15, 0.2) is 0 Å². The quantitative estimate of drug-likeness (QED) is 0.647. The Hall–Kier alpha value is -2.13. The largest absolute Gasteiger partial charge is 0.326 e. The monoisotopic (exact) mass is 357 g/mol. The maximum Gasteiger partial charge on any atom is 0.111 e. The normalized spacial score (nSPS) is 25.4. The SMILES string of the molecule is Cc1ccc(-c2ccc3c(c2)nc2n3C[C@H]3CC[C@@H](C2)N3C2CCC2)cc1. The Morgan fingerprint density at radius 2 is 1.63 bits per heavy atom. The molecule has 2 aliphatic heterocycles. The molecule has 1 aliphatic carbocycles. The zero-order chi connectivity index (χ0) is 18.0. The van der Waals surface area contributed by atoms with Crippen molar-refractivity contribution in [2.24, 2.45) is 0 Å². The summed E-state index contributed by atoms with van der Waals surface area (Å²) in [6.07, 6.45) is 8.10. The predicted molar refractivity (Wildman–Crippen MR) is 110 cm³/mol. The van der Waals surface area contributed by atoms with Crippen molar-refractivity contribution in [3.05, 3.63) is 53.9 Å². The molecule has 2 bridgehead atoms.